The van der Waals surface area contributed by atoms with Crippen LogP contribution in [0.3, 0.4) is 0 Å². The fourth-order valence-electron chi connectivity index (χ4n) is 3.38. The quantitative estimate of drug-likeness (QED) is 0.655. The minimum atomic E-state index is -0.117. The van der Waals surface area contributed by atoms with Crippen molar-refractivity contribution in [1.82, 2.24) is 15.2 Å². The predicted octanol–water partition coefficient (Wildman–Crippen LogP) is 2.39. The first kappa shape index (κ1) is 17.9. The van der Waals surface area contributed by atoms with Crippen LogP contribution in [0.5, 0.6) is 0 Å². The minimum Gasteiger partial charge on any atom is -0.347 e. The number of carbonyl (C=O) groups is 1. The normalized spacial score (nSPS) is 17.2. The molecule has 3 rings (SSSR count). The van der Waals surface area contributed by atoms with Crippen LogP contribution in [0.4, 0.5) is 5.69 Å². The molecule has 2 N–H and O–H groups in total. The molecular formula is C20H25N5O. The minimum absolute atomic E-state index is 0.117. The molecule has 1 atom stereocenters. The van der Waals surface area contributed by atoms with E-state index in [4.69, 9.17) is 0 Å². The van der Waals surface area contributed by atoms with E-state index < -0.39 is 0 Å². The van der Waals surface area contributed by atoms with Gasteiger partial charge in [-0.2, -0.15) is 0 Å². The van der Waals surface area contributed by atoms with E-state index in [1.807, 2.05) is 6.07 Å². The first-order valence-corrected chi connectivity index (χ1v) is 8.88. The van der Waals surface area contributed by atoms with Gasteiger partial charge >= 0.3 is 0 Å². The van der Waals surface area contributed by atoms with Gasteiger partial charge in [0.15, 0.2) is 5.96 Å². The number of anilines is 1. The molecule has 1 amide bonds. The molecule has 1 fully saturated rings. The van der Waals surface area contributed by atoms with Gasteiger partial charge in [-0.1, -0.05) is 24.3 Å². The summed E-state index contributed by atoms with van der Waals surface area (Å²) in [4.78, 5) is 22.6. The number of hydrogen-bond donors (Lipinski definition) is 2. The molecule has 1 aliphatic heterocycles. The van der Waals surface area contributed by atoms with Crippen molar-refractivity contribution in [3.05, 3.63) is 59.9 Å². The number of rotatable bonds is 4. The lowest BCUT2D eigenvalue weighted by Gasteiger charge is -2.22. The van der Waals surface area contributed by atoms with E-state index in [9.17, 15) is 4.79 Å². The number of aromatic nitrogens is 1. The fourth-order valence-corrected chi connectivity index (χ4v) is 3.38. The highest BCUT2D eigenvalue weighted by atomic mass is 16.1. The summed E-state index contributed by atoms with van der Waals surface area (Å²) in [5.41, 5.74) is 3.42. The van der Waals surface area contributed by atoms with Gasteiger partial charge in [0, 0.05) is 32.3 Å². The lowest BCUT2D eigenvalue weighted by atomic mass is 9.94. The first-order chi connectivity index (χ1) is 12.7. The fraction of sp³-hybridized carbons (Fsp3) is 0.350. The molecule has 0 bridgehead atoms. The Morgan fingerprint density at radius 3 is 2.88 bits per heavy atom. The van der Waals surface area contributed by atoms with Gasteiger partial charge in [-0.3, -0.25) is 14.8 Å². The van der Waals surface area contributed by atoms with Gasteiger partial charge in [0.25, 0.3) is 0 Å². The molecule has 2 heterocycles. The number of amides is 1. The smallest absolute Gasteiger partial charge is 0.243 e. The van der Waals surface area contributed by atoms with E-state index in [2.05, 4.69) is 56.7 Å². The van der Waals surface area contributed by atoms with Crippen molar-refractivity contribution in [3.8, 4) is 0 Å². The van der Waals surface area contributed by atoms with Crippen LogP contribution in [0.25, 0.3) is 0 Å². The summed E-state index contributed by atoms with van der Waals surface area (Å²) >= 11 is 0. The molecule has 0 spiro atoms. The van der Waals surface area contributed by atoms with E-state index >= 15 is 0 Å². The zero-order valence-corrected chi connectivity index (χ0v) is 15.3. The maximum atomic E-state index is 12.1. The van der Waals surface area contributed by atoms with Gasteiger partial charge in [-0.05, 0) is 36.6 Å². The second-order valence-corrected chi connectivity index (χ2v) is 6.48. The van der Waals surface area contributed by atoms with Crippen LogP contribution in [0, 0.1) is 6.92 Å². The van der Waals surface area contributed by atoms with Crippen LogP contribution in [0.2, 0.25) is 0 Å². The van der Waals surface area contributed by atoms with Crippen LogP contribution in [-0.2, 0) is 4.79 Å². The molecule has 0 aliphatic carbocycles. The maximum absolute atomic E-state index is 12.1. The number of aliphatic imine (C=N–C) groups is 1. The Morgan fingerprint density at radius 1 is 1.31 bits per heavy atom. The number of benzene rings is 1. The highest BCUT2D eigenvalue weighted by molar-refractivity contribution is 5.94. The van der Waals surface area contributed by atoms with Crippen molar-refractivity contribution in [1.29, 1.82) is 0 Å². The number of carbonyl (C=O) groups excluding carboxylic acids is 1. The zero-order chi connectivity index (χ0) is 18.4. The Morgan fingerprint density at radius 2 is 2.15 bits per heavy atom. The third-order valence-corrected chi connectivity index (χ3v) is 4.68. The molecular weight excluding hydrogens is 326 g/mol. The molecule has 1 aliphatic rings. The van der Waals surface area contributed by atoms with Gasteiger partial charge in [0.1, 0.15) is 0 Å². The number of guanidine groups is 1. The molecule has 1 aromatic carbocycles. The Hall–Kier alpha value is -2.89. The summed E-state index contributed by atoms with van der Waals surface area (Å²) in [6.45, 7) is 4.18. The molecule has 1 aromatic heterocycles. The van der Waals surface area contributed by atoms with Crippen LogP contribution >= 0.6 is 0 Å². The van der Waals surface area contributed by atoms with Crippen molar-refractivity contribution < 1.29 is 4.79 Å². The van der Waals surface area contributed by atoms with Crippen molar-refractivity contribution in [2.45, 2.75) is 19.3 Å². The Labute approximate surface area is 154 Å². The van der Waals surface area contributed by atoms with Gasteiger partial charge in [-0.15, -0.1) is 0 Å². The summed E-state index contributed by atoms with van der Waals surface area (Å²) in [7, 11) is 1.75. The summed E-state index contributed by atoms with van der Waals surface area (Å²) in [6.07, 6.45) is 4.39. The highest BCUT2D eigenvalue weighted by Gasteiger charge is 2.27. The topological polar surface area (TPSA) is 69.6 Å². The van der Waals surface area contributed by atoms with E-state index in [1.165, 1.54) is 11.1 Å². The Balaban J connectivity index is 1.53. The van der Waals surface area contributed by atoms with Gasteiger partial charge in [-0.25, -0.2) is 0 Å². The van der Waals surface area contributed by atoms with Gasteiger partial charge in [0.2, 0.25) is 5.91 Å². The largest absolute Gasteiger partial charge is 0.347 e. The van der Waals surface area contributed by atoms with Crippen LogP contribution in [0.15, 0.2) is 53.8 Å². The van der Waals surface area contributed by atoms with E-state index in [0.717, 1.165) is 25.5 Å². The summed E-state index contributed by atoms with van der Waals surface area (Å²) in [6, 6.07) is 12.1. The van der Waals surface area contributed by atoms with Gasteiger partial charge < -0.3 is 15.5 Å². The maximum Gasteiger partial charge on any atom is 0.243 e. The molecule has 0 radical (unpaired) electrons. The molecule has 1 saturated heterocycles. The molecule has 26 heavy (non-hydrogen) atoms. The summed E-state index contributed by atoms with van der Waals surface area (Å²) in [5, 5.41) is 5.98. The number of pyridine rings is 1. The van der Waals surface area contributed by atoms with E-state index in [1.54, 1.807) is 25.5 Å². The molecule has 0 saturated carbocycles. The number of aryl methyl sites for hydroxylation is 1. The monoisotopic (exact) mass is 351 g/mol. The van der Waals surface area contributed by atoms with Crippen molar-refractivity contribution >= 4 is 17.6 Å². The highest BCUT2D eigenvalue weighted by Crippen LogP contribution is 2.29. The van der Waals surface area contributed by atoms with Crippen LogP contribution < -0.4 is 10.6 Å². The van der Waals surface area contributed by atoms with Crippen molar-refractivity contribution in [3.63, 3.8) is 0 Å². The third kappa shape index (κ3) is 4.39. The Bertz CT molecular complexity index is 775. The molecule has 1 unspecified atom stereocenters. The number of nitrogens with one attached hydrogen (secondary N) is 2. The summed E-state index contributed by atoms with van der Waals surface area (Å²) < 4.78 is 0. The second-order valence-electron chi connectivity index (χ2n) is 6.48. The lowest BCUT2D eigenvalue weighted by Crippen LogP contribution is -2.43. The standard InChI is InChI=1S/C20H25N5O/c1-15-6-3-4-8-18(15)16-9-11-25(14-16)20(21-2)23-13-19(26)24-17-7-5-10-22-12-17/h3-8,10,12,16H,9,11,13-14H2,1-2H3,(H,21,23)(H,24,26). The Kier molecular flexibility index (Phi) is 5.84. The van der Waals surface area contributed by atoms with E-state index in [0.29, 0.717) is 11.6 Å². The number of likely N-dealkylation sites (tertiary alicyclic amines) is 1. The predicted molar refractivity (Wildman–Crippen MR) is 104 cm³/mol. The SMILES string of the molecule is CN=C(NCC(=O)Nc1cccnc1)N1CCC(c2ccccc2C)C1. The summed E-state index contributed by atoms with van der Waals surface area (Å²) in [5.74, 6) is 1.15. The van der Waals surface area contributed by atoms with Crippen LogP contribution in [0.1, 0.15) is 23.5 Å². The van der Waals surface area contributed by atoms with Crippen LogP contribution in [-0.4, -0.2) is 48.4 Å². The number of hydrogen-bond acceptors (Lipinski definition) is 3. The average Bonchev–Trinajstić information content (AvgIpc) is 3.13. The first-order valence-electron chi connectivity index (χ1n) is 8.88. The van der Waals surface area contributed by atoms with Crippen molar-refractivity contribution in [2.75, 3.05) is 32.0 Å². The van der Waals surface area contributed by atoms with E-state index in [-0.39, 0.29) is 12.5 Å². The molecule has 6 heteroatoms. The molecule has 136 valence electrons. The molecule has 2 aromatic rings. The van der Waals surface area contributed by atoms with Gasteiger partial charge in [0.05, 0.1) is 18.4 Å². The number of nitrogens with zero attached hydrogens (tertiary/aromatic N) is 3. The second kappa shape index (κ2) is 8.47. The zero-order valence-electron chi connectivity index (χ0n) is 15.3. The van der Waals surface area contributed by atoms with Crippen molar-refractivity contribution in [2.24, 2.45) is 4.99 Å². The lowest BCUT2D eigenvalue weighted by molar-refractivity contribution is -0.115. The average molecular weight is 351 g/mol. The molecule has 6 nitrogen and oxygen atoms in total. The third-order valence-electron chi connectivity index (χ3n) is 4.68.